The summed E-state index contributed by atoms with van der Waals surface area (Å²) in [6.07, 6.45) is 2.86. The molecule has 2 amide bonds. The Morgan fingerprint density at radius 1 is 0.941 bits per heavy atom. The Morgan fingerprint density at radius 3 is 2.32 bits per heavy atom. The molecule has 0 saturated carbocycles. The minimum absolute atomic E-state index is 0.0779. The number of benzene rings is 2. The van der Waals surface area contributed by atoms with E-state index < -0.39 is 11.4 Å². The molecule has 3 aromatic rings. The van der Waals surface area contributed by atoms with Crippen molar-refractivity contribution in [3.05, 3.63) is 95.8 Å². The number of amides is 2. The molecule has 5 rings (SSSR count). The zero-order valence-corrected chi connectivity index (χ0v) is 18.9. The molecule has 2 fully saturated rings. The van der Waals surface area contributed by atoms with Crippen LogP contribution in [0.15, 0.2) is 79.0 Å². The predicted octanol–water partition coefficient (Wildman–Crippen LogP) is 3.88. The first-order chi connectivity index (χ1) is 16.5. The van der Waals surface area contributed by atoms with Crippen molar-refractivity contribution in [2.45, 2.75) is 18.9 Å². The number of carbonyl (C=O) groups is 3. The highest BCUT2D eigenvalue weighted by Gasteiger charge is 2.62. The largest absolute Gasteiger partial charge is 0.465 e. The van der Waals surface area contributed by atoms with E-state index in [1.165, 1.54) is 7.11 Å². The van der Waals surface area contributed by atoms with Crippen LogP contribution in [0.4, 0.5) is 5.69 Å². The van der Waals surface area contributed by atoms with Gasteiger partial charge < -0.3 is 14.5 Å². The van der Waals surface area contributed by atoms with Crippen LogP contribution in [-0.2, 0) is 9.53 Å². The average molecular weight is 456 g/mol. The number of piperidine rings is 1. The second kappa shape index (κ2) is 8.74. The van der Waals surface area contributed by atoms with Gasteiger partial charge in [-0.2, -0.15) is 0 Å². The van der Waals surface area contributed by atoms with Gasteiger partial charge in [-0.05, 0) is 55.3 Å². The maximum atomic E-state index is 13.6. The molecule has 34 heavy (non-hydrogen) atoms. The van der Waals surface area contributed by atoms with Crippen LogP contribution < -0.4 is 4.90 Å². The van der Waals surface area contributed by atoms with Crippen molar-refractivity contribution in [1.82, 2.24) is 9.88 Å². The predicted molar refractivity (Wildman–Crippen MR) is 126 cm³/mol. The van der Waals surface area contributed by atoms with Gasteiger partial charge in [0.2, 0.25) is 5.91 Å². The maximum absolute atomic E-state index is 13.6. The van der Waals surface area contributed by atoms with Crippen molar-refractivity contribution in [1.29, 1.82) is 0 Å². The van der Waals surface area contributed by atoms with Gasteiger partial charge >= 0.3 is 5.97 Å². The van der Waals surface area contributed by atoms with E-state index in [9.17, 15) is 14.4 Å². The van der Waals surface area contributed by atoms with E-state index in [-0.39, 0.29) is 17.9 Å². The standard InChI is InChI=1S/C27H25N3O4/c1-34-25(32)20-9-7-8-19(18-20)24(31)29-16-13-27(14-17-29)23(22-12-5-6-15-28-22)30(26(27)33)21-10-3-2-4-11-21/h2-12,15,18,23H,13-14,16-17H2,1H3. The summed E-state index contributed by atoms with van der Waals surface area (Å²) in [5.74, 6) is -0.553. The van der Waals surface area contributed by atoms with Crippen molar-refractivity contribution in [2.24, 2.45) is 5.41 Å². The van der Waals surface area contributed by atoms with E-state index >= 15 is 0 Å². The van der Waals surface area contributed by atoms with E-state index in [1.807, 2.05) is 53.4 Å². The summed E-state index contributed by atoms with van der Waals surface area (Å²) in [5, 5.41) is 0. The first kappa shape index (κ1) is 21.8. The summed E-state index contributed by atoms with van der Waals surface area (Å²) in [6, 6.07) is 21.8. The highest BCUT2D eigenvalue weighted by molar-refractivity contribution is 6.06. The molecule has 172 valence electrons. The van der Waals surface area contributed by atoms with Crippen LogP contribution in [-0.4, -0.2) is 47.9 Å². The summed E-state index contributed by atoms with van der Waals surface area (Å²) in [5.41, 5.74) is 1.90. The number of nitrogens with zero attached hydrogens (tertiary/aromatic N) is 3. The molecule has 2 aliphatic rings. The summed E-state index contributed by atoms with van der Waals surface area (Å²) >= 11 is 0. The van der Waals surface area contributed by atoms with Crippen molar-refractivity contribution in [2.75, 3.05) is 25.1 Å². The van der Waals surface area contributed by atoms with Crippen LogP contribution in [0.25, 0.3) is 0 Å². The molecule has 0 N–H and O–H groups in total. The van der Waals surface area contributed by atoms with Gasteiger partial charge in [0.05, 0.1) is 29.8 Å². The number of ether oxygens (including phenoxy) is 1. The first-order valence-corrected chi connectivity index (χ1v) is 11.3. The molecule has 1 atom stereocenters. The third-order valence-electron chi connectivity index (χ3n) is 6.90. The van der Waals surface area contributed by atoms with Gasteiger partial charge in [-0.15, -0.1) is 0 Å². The van der Waals surface area contributed by atoms with Crippen LogP contribution >= 0.6 is 0 Å². The minimum Gasteiger partial charge on any atom is -0.465 e. The molecule has 7 heteroatoms. The van der Waals surface area contributed by atoms with E-state index in [1.54, 1.807) is 35.4 Å². The van der Waals surface area contributed by atoms with E-state index in [2.05, 4.69) is 4.98 Å². The van der Waals surface area contributed by atoms with Gasteiger partial charge in [0, 0.05) is 30.5 Å². The average Bonchev–Trinajstić information content (AvgIpc) is 2.91. The Morgan fingerprint density at radius 2 is 1.65 bits per heavy atom. The monoisotopic (exact) mass is 455 g/mol. The highest BCUT2D eigenvalue weighted by Crippen LogP contribution is 2.57. The third kappa shape index (κ3) is 3.53. The number of rotatable bonds is 4. The molecule has 0 radical (unpaired) electrons. The molecular formula is C27H25N3O4. The van der Waals surface area contributed by atoms with Crippen LogP contribution in [0.3, 0.4) is 0 Å². The SMILES string of the molecule is COC(=O)c1cccc(C(=O)N2CCC3(CC2)C(=O)N(c2ccccc2)C3c2ccccn2)c1. The number of carbonyl (C=O) groups excluding carboxylic acids is 3. The maximum Gasteiger partial charge on any atom is 0.337 e. The minimum atomic E-state index is -0.588. The van der Waals surface area contributed by atoms with E-state index in [0.717, 1.165) is 11.4 Å². The third-order valence-corrected chi connectivity index (χ3v) is 6.90. The number of β-lactam (4-membered cyclic amide) rings is 1. The molecule has 0 aliphatic carbocycles. The first-order valence-electron chi connectivity index (χ1n) is 11.3. The van der Waals surface area contributed by atoms with Crippen LogP contribution in [0.5, 0.6) is 0 Å². The smallest absolute Gasteiger partial charge is 0.337 e. The van der Waals surface area contributed by atoms with Crippen LogP contribution in [0.2, 0.25) is 0 Å². The number of aromatic nitrogens is 1. The summed E-state index contributed by atoms with van der Waals surface area (Å²) < 4.78 is 4.77. The van der Waals surface area contributed by atoms with Gasteiger partial charge in [-0.3, -0.25) is 14.6 Å². The second-order valence-electron chi connectivity index (χ2n) is 8.69. The number of anilines is 1. The molecule has 3 heterocycles. The Balaban J connectivity index is 1.38. The number of pyridine rings is 1. The lowest BCUT2D eigenvalue weighted by Crippen LogP contribution is -2.67. The number of methoxy groups -OCH3 is 1. The van der Waals surface area contributed by atoms with Crippen molar-refractivity contribution in [3.63, 3.8) is 0 Å². The number of likely N-dealkylation sites (tertiary alicyclic amines) is 1. The Kier molecular flexibility index (Phi) is 5.61. The molecule has 2 saturated heterocycles. The van der Waals surface area contributed by atoms with Gasteiger partial charge in [0.1, 0.15) is 0 Å². The topological polar surface area (TPSA) is 79.8 Å². The normalized spacial score (nSPS) is 19.0. The fourth-order valence-electron chi connectivity index (χ4n) is 5.14. The summed E-state index contributed by atoms with van der Waals surface area (Å²) in [6.45, 7) is 0.915. The van der Waals surface area contributed by atoms with E-state index in [4.69, 9.17) is 4.74 Å². The van der Waals surface area contributed by atoms with Gasteiger partial charge in [0.25, 0.3) is 5.91 Å². The zero-order valence-electron chi connectivity index (χ0n) is 18.9. The summed E-state index contributed by atoms with van der Waals surface area (Å²) in [4.78, 5) is 46.8. The highest BCUT2D eigenvalue weighted by atomic mass is 16.5. The van der Waals surface area contributed by atoms with Crippen molar-refractivity contribution < 1.29 is 19.1 Å². The molecule has 2 aliphatic heterocycles. The number of esters is 1. The zero-order chi connectivity index (χ0) is 23.7. The molecule has 1 unspecified atom stereocenters. The van der Waals surface area contributed by atoms with Crippen molar-refractivity contribution >= 4 is 23.5 Å². The Hall–Kier alpha value is -4.00. The fraction of sp³-hybridized carbons (Fsp3) is 0.259. The summed E-state index contributed by atoms with van der Waals surface area (Å²) in [7, 11) is 1.31. The quantitative estimate of drug-likeness (QED) is 0.441. The lowest BCUT2D eigenvalue weighted by Gasteiger charge is -2.58. The molecule has 7 nitrogen and oxygen atoms in total. The molecule has 0 bridgehead atoms. The fourth-order valence-corrected chi connectivity index (χ4v) is 5.14. The van der Waals surface area contributed by atoms with Gasteiger partial charge in [-0.25, -0.2) is 4.79 Å². The van der Waals surface area contributed by atoms with Gasteiger partial charge in [-0.1, -0.05) is 30.3 Å². The number of hydrogen-bond acceptors (Lipinski definition) is 5. The lowest BCUT2D eigenvalue weighted by molar-refractivity contribution is -0.144. The number of para-hydroxylation sites is 1. The molecule has 2 aromatic carbocycles. The Bertz CT molecular complexity index is 1220. The van der Waals surface area contributed by atoms with Crippen molar-refractivity contribution in [3.8, 4) is 0 Å². The molecule has 1 aromatic heterocycles. The van der Waals surface area contributed by atoms with Crippen LogP contribution in [0, 0.1) is 5.41 Å². The number of hydrogen-bond donors (Lipinski definition) is 0. The lowest BCUT2D eigenvalue weighted by atomic mass is 9.63. The molecule has 1 spiro atoms. The van der Waals surface area contributed by atoms with Crippen LogP contribution in [0.1, 0.15) is 45.3 Å². The van der Waals surface area contributed by atoms with E-state index in [0.29, 0.717) is 37.1 Å². The van der Waals surface area contributed by atoms with Gasteiger partial charge in [0.15, 0.2) is 0 Å². The Labute approximate surface area is 198 Å². The molecular weight excluding hydrogens is 430 g/mol. The second-order valence-corrected chi connectivity index (χ2v) is 8.69.